The Kier molecular flexibility index (Phi) is 5.28. The van der Waals surface area contributed by atoms with Crippen molar-refractivity contribution in [3.8, 4) is 0 Å². The second-order valence-electron chi connectivity index (χ2n) is 5.36. The SMILES string of the molecule is CCC(c1ccc(F)cn1)N1CCC(CNC)CC1. The first kappa shape index (κ1) is 14.4. The summed E-state index contributed by atoms with van der Waals surface area (Å²) in [4.78, 5) is 6.74. The zero-order valence-corrected chi connectivity index (χ0v) is 11.9. The van der Waals surface area contributed by atoms with Crippen LogP contribution in [0.25, 0.3) is 0 Å². The van der Waals surface area contributed by atoms with Crippen LogP contribution in [0, 0.1) is 11.7 Å². The van der Waals surface area contributed by atoms with Crippen molar-refractivity contribution in [3.63, 3.8) is 0 Å². The molecule has 1 aromatic rings. The van der Waals surface area contributed by atoms with Gasteiger partial charge in [0.2, 0.25) is 0 Å². The molecule has 1 saturated heterocycles. The van der Waals surface area contributed by atoms with Crippen molar-refractivity contribution < 1.29 is 4.39 Å². The van der Waals surface area contributed by atoms with E-state index in [1.165, 1.54) is 25.1 Å². The first-order chi connectivity index (χ1) is 9.24. The van der Waals surface area contributed by atoms with Gasteiger partial charge in [0.1, 0.15) is 5.82 Å². The molecule has 2 rings (SSSR count). The topological polar surface area (TPSA) is 28.2 Å². The number of piperidine rings is 1. The van der Waals surface area contributed by atoms with Gasteiger partial charge in [-0.1, -0.05) is 6.92 Å². The van der Waals surface area contributed by atoms with E-state index in [9.17, 15) is 4.39 Å². The van der Waals surface area contributed by atoms with Crippen LogP contribution in [0.5, 0.6) is 0 Å². The van der Waals surface area contributed by atoms with Crippen LogP contribution in [0.1, 0.15) is 37.9 Å². The van der Waals surface area contributed by atoms with E-state index in [0.717, 1.165) is 37.7 Å². The maximum absolute atomic E-state index is 12.9. The molecule has 0 saturated carbocycles. The molecule has 19 heavy (non-hydrogen) atoms. The predicted molar refractivity (Wildman–Crippen MR) is 75.5 cm³/mol. The average Bonchev–Trinajstić information content (AvgIpc) is 2.44. The van der Waals surface area contributed by atoms with E-state index in [2.05, 4.69) is 22.1 Å². The van der Waals surface area contributed by atoms with Gasteiger partial charge >= 0.3 is 0 Å². The molecule has 3 nitrogen and oxygen atoms in total. The number of nitrogens with one attached hydrogen (secondary N) is 1. The van der Waals surface area contributed by atoms with E-state index in [4.69, 9.17) is 0 Å². The maximum atomic E-state index is 12.9. The minimum atomic E-state index is -0.258. The predicted octanol–water partition coefficient (Wildman–Crippen LogP) is 2.60. The Balaban J connectivity index is 1.97. The quantitative estimate of drug-likeness (QED) is 0.887. The largest absolute Gasteiger partial charge is 0.319 e. The standard InChI is InChI=1S/C15H24FN3/c1-3-15(14-5-4-13(16)11-18-14)19-8-6-12(7-9-19)10-17-2/h4-5,11-12,15,17H,3,6-10H2,1-2H3. The van der Waals surface area contributed by atoms with Crippen molar-refractivity contribution >= 4 is 0 Å². The molecule has 1 aromatic heterocycles. The van der Waals surface area contributed by atoms with Gasteiger partial charge in [0, 0.05) is 0 Å². The number of rotatable bonds is 5. The zero-order chi connectivity index (χ0) is 13.7. The van der Waals surface area contributed by atoms with E-state index in [1.807, 2.05) is 13.1 Å². The first-order valence-corrected chi connectivity index (χ1v) is 7.24. The average molecular weight is 265 g/mol. The second kappa shape index (κ2) is 6.96. The molecule has 1 N–H and O–H groups in total. The van der Waals surface area contributed by atoms with E-state index >= 15 is 0 Å². The molecule has 1 aliphatic rings. The monoisotopic (exact) mass is 265 g/mol. The molecule has 0 amide bonds. The molecule has 4 heteroatoms. The van der Waals surface area contributed by atoms with Crippen molar-refractivity contribution in [2.24, 2.45) is 5.92 Å². The van der Waals surface area contributed by atoms with Crippen LogP contribution in [-0.2, 0) is 0 Å². The Labute approximate surface area is 115 Å². The van der Waals surface area contributed by atoms with Crippen LogP contribution in [0.3, 0.4) is 0 Å². The number of aromatic nitrogens is 1. The summed E-state index contributed by atoms with van der Waals surface area (Å²) >= 11 is 0. The fourth-order valence-corrected chi connectivity index (χ4v) is 3.00. The smallest absolute Gasteiger partial charge is 0.141 e. The Morgan fingerprint density at radius 2 is 2.16 bits per heavy atom. The summed E-state index contributed by atoms with van der Waals surface area (Å²) in [6, 6.07) is 3.67. The lowest BCUT2D eigenvalue weighted by molar-refractivity contribution is 0.126. The molecule has 2 heterocycles. The summed E-state index contributed by atoms with van der Waals surface area (Å²) in [5.41, 5.74) is 0.996. The van der Waals surface area contributed by atoms with Gasteiger partial charge < -0.3 is 5.32 Å². The van der Waals surface area contributed by atoms with Gasteiger partial charge in [-0.25, -0.2) is 4.39 Å². The summed E-state index contributed by atoms with van der Waals surface area (Å²) in [6.45, 7) is 5.52. The Hall–Kier alpha value is -1.00. The zero-order valence-electron chi connectivity index (χ0n) is 11.9. The lowest BCUT2D eigenvalue weighted by Gasteiger charge is -2.37. The van der Waals surface area contributed by atoms with Crippen LogP contribution in [0.4, 0.5) is 4.39 Å². The number of halogens is 1. The number of nitrogens with zero attached hydrogens (tertiary/aromatic N) is 2. The third-order valence-electron chi connectivity index (χ3n) is 4.06. The minimum Gasteiger partial charge on any atom is -0.319 e. The summed E-state index contributed by atoms with van der Waals surface area (Å²) in [5, 5.41) is 3.26. The molecule has 106 valence electrons. The van der Waals surface area contributed by atoms with E-state index in [-0.39, 0.29) is 5.82 Å². The number of pyridine rings is 1. The van der Waals surface area contributed by atoms with Crippen molar-refractivity contribution in [3.05, 3.63) is 29.8 Å². The van der Waals surface area contributed by atoms with Crippen LogP contribution < -0.4 is 5.32 Å². The van der Waals surface area contributed by atoms with Crippen molar-refractivity contribution in [2.75, 3.05) is 26.7 Å². The van der Waals surface area contributed by atoms with Crippen LogP contribution >= 0.6 is 0 Å². The van der Waals surface area contributed by atoms with Gasteiger partial charge in [-0.15, -0.1) is 0 Å². The highest BCUT2D eigenvalue weighted by Crippen LogP contribution is 2.27. The molecule has 0 spiro atoms. The lowest BCUT2D eigenvalue weighted by Crippen LogP contribution is -2.39. The van der Waals surface area contributed by atoms with Gasteiger partial charge in [0.05, 0.1) is 17.9 Å². The van der Waals surface area contributed by atoms with E-state index < -0.39 is 0 Å². The fraction of sp³-hybridized carbons (Fsp3) is 0.667. The maximum Gasteiger partial charge on any atom is 0.141 e. The highest BCUT2D eigenvalue weighted by Gasteiger charge is 2.25. The molecule has 1 unspecified atom stereocenters. The van der Waals surface area contributed by atoms with Crippen molar-refractivity contribution in [1.29, 1.82) is 0 Å². The molecular weight excluding hydrogens is 241 g/mol. The van der Waals surface area contributed by atoms with Gasteiger partial charge in [-0.05, 0) is 64.0 Å². The first-order valence-electron chi connectivity index (χ1n) is 7.24. The number of hydrogen-bond acceptors (Lipinski definition) is 3. The number of likely N-dealkylation sites (tertiary alicyclic amines) is 1. The summed E-state index contributed by atoms with van der Waals surface area (Å²) < 4.78 is 12.9. The van der Waals surface area contributed by atoms with Gasteiger partial charge in [-0.2, -0.15) is 0 Å². The molecule has 1 fully saturated rings. The third-order valence-corrected chi connectivity index (χ3v) is 4.06. The summed E-state index contributed by atoms with van der Waals surface area (Å²) in [7, 11) is 2.02. The van der Waals surface area contributed by atoms with Gasteiger partial charge in [0.25, 0.3) is 0 Å². The Bertz CT molecular complexity index is 371. The Morgan fingerprint density at radius 3 is 2.68 bits per heavy atom. The number of hydrogen-bond donors (Lipinski definition) is 1. The van der Waals surface area contributed by atoms with Crippen LogP contribution in [-0.4, -0.2) is 36.6 Å². The molecule has 1 aliphatic heterocycles. The minimum absolute atomic E-state index is 0.258. The fourth-order valence-electron chi connectivity index (χ4n) is 3.00. The molecule has 0 aliphatic carbocycles. The highest BCUT2D eigenvalue weighted by molar-refractivity contribution is 5.10. The van der Waals surface area contributed by atoms with E-state index in [1.54, 1.807) is 0 Å². The van der Waals surface area contributed by atoms with Gasteiger partial charge in [-0.3, -0.25) is 9.88 Å². The molecule has 0 aromatic carbocycles. The molecule has 1 atom stereocenters. The van der Waals surface area contributed by atoms with Crippen LogP contribution in [0.2, 0.25) is 0 Å². The van der Waals surface area contributed by atoms with Gasteiger partial charge in [0.15, 0.2) is 0 Å². The van der Waals surface area contributed by atoms with E-state index in [0.29, 0.717) is 6.04 Å². The Morgan fingerprint density at radius 1 is 1.42 bits per heavy atom. The highest BCUT2D eigenvalue weighted by atomic mass is 19.1. The van der Waals surface area contributed by atoms with Crippen LogP contribution in [0.15, 0.2) is 18.3 Å². The molecular formula is C15H24FN3. The third kappa shape index (κ3) is 3.74. The van der Waals surface area contributed by atoms with Crippen molar-refractivity contribution in [2.45, 2.75) is 32.2 Å². The summed E-state index contributed by atoms with van der Waals surface area (Å²) in [5.74, 6) is 0.534. The second-order valence-corrected chi connectivity index (χ2v) is 5.36. The normalized spacial score (nSPS) is 19.5. The van der Waals surface area contributed by atoms with Crippen molar-refractivity contribution in [1.82, 2.24) is 15.2 Å². The molecule has 0 bridgehead atoms. The molecule has 0 radical (unpaired) electrons. The lowest BCUT2D eigenvalue weighted by atomic mass is 9.94. The summed E-state index contributed by atoms with van der Waals surface area (Å²) in [6.07, 6.45) is 4.82.